The molecule has 1 amide bonds. The Balaban J connectivity index is 1.48. The summed E-state index contributed by atoms with van der Waals surface area (Å²) in [6, 6.07) is 11.2. The lowest BCUT2D eigenvalue weighted by Crippen LogP contribution is -2.39. The molecule has 0 radical (unpaired) electrons. The third-order valence-electron chi connectivity index (χ3n) is 5.02. The molecule has 0 unspecified atom stereocenters. The van der Waals surface area contributed by atoms with E-state index in [1.165, 1.54) is 27.8 Å². The number of fused-ring (bicyclic) bond motifs is 1. The number of H-pyrrole nitrogens is 1. The highest BCUT2D eigenvalue weighted by atomic mass is 16.2. The molecule has 0 spiro atoms. The summed E-state index contributed by atoms with van der Waals surface area (Å²) in [5.41, 5.74) is 2.61. The quantitative estimate of drug-likeness (QED) is 0.780. The van der Waals surface area contributed by atoms with Gasteiger partial charge in [-0.05, 0) is 36.5 Å². The molecule has 6 heteroatoms. The number of carbonyl (C=O) groups is 1. The average Bonchev–Trinajstić information content (AvgIpc) is 3.08. The zero-order valence-electron chi connectivity index (χ0n) is 14.1. The minimum absolute atomic E-state index is 0.104. The van der Waals surface area contributed by atoms with Crippen LogP contribution in [0.5, 0.6) is 0 Å². The van der Waals surface area contributed by atoms with Gasteiger partial charge < -0.3 is 9.88 Å². The predicted octanol–water partition coefficient (Wildman–Crippen LogP) is 2.28. The van der Waals surface area contributed by atoms with Crippen LogP contribution in [0.3, 0.4) is 0 Å². The van der Waals surface area contributed by atoms with Gasteiger partial charge in [0, 0.05) is 43.3 Å². The number of para-hydroxylation sites is 1. The second kappa shape index (κ2) is 6.20. The van der Waals surface area contributed by atoms with Gasteiger partial charge in [-0.25, -0.2) is 4.68 Å². The largest absolute Gasteiger partial charge is 0.361 e. The van der Waals surface area contributed by atoms with E-state index in [-0.39, 0.29) is 11.5 Å². The number of rotatable bonds is 2. The maximum Gasteiger partial charge on any atom is 0.274 e. The zero-order chi connectivity index (χ0) is 17.4. The third-order valence-corrected chi connectivity index (χ3v) is 5.02. The van der Waals surface area contributed by atoms with Crippen molar-refractivity contribution >= 4 is 16.8 Å². The summed E-state index contributed by atoms with van der Waals surface area (Å²) in [6.45, 7) is 1.40. The first-order valence-electron chi connectivity index (χ1n) is 8.53. The van der Waals surface area contributed by atoms with Crippen molar-refractivity contribution in [2.45, 2.75) is 18.8 Å². The van der Waals surface area contributed by atoms with Gasteiger partial charge in [0.25, 0.3) is 11.5 Å². The Bertz CT molecular complexity index is 980. The summed E-state index contributed by atoms with van der Waals surface area (Å²) in [6.07, 6.45) is 3.96. The average molecular weight is 336 g/mol. The Kier molecular flexibility index (Phi) is 3.87. The first kappa shape index (κ1) is 15.6. The van der Waals surface area contributed by atoms with Crippen LogP contribution in [0.2, 0.25) is 0 Å². The second-order valence-electron chi connectivity index (χ2n) is 6.54. The van der Waals surface area contributed by atoms with E-state index in [0.29, 0.717) is 24.7 Å². The van der Waals surface area contributed by atoms with Crippen LogP contribution in [-0.4, -0.2) is 38.7 Å². The standard InChI is InChI=1S/C19H20N4O2/c1-22-18(24)7-6-17(21-22)19(25)23-10-8-13(9-11-23)15-12-20-16-5-3-2-4-14(15)16/h2-7,12-13,20H,8-11H2,1H3. The molecule has 0 atom stereocenters. The van der Waals surface area contributed by atoms with E-state index in [1.807, 2.05) is 11.0 Å². The molecule has 0 saturated carbocycles. The number of aromatic nitrogens is 3. The molecule has 6 nitrogen and oxygen atoms in total. The molecule has 4 rings (SSSR count). The van der Waals surface area contributed by atoms with Crippen LogP contribution in [0.4, 0.5) is 0 Å². The van der Waals surface area contributed by atoms with Crippen LogP contribution in [0, 0.1) is 0 Å². The van der Waals surface area contributed by atoms with Crippen molar-refractivity contribution in [2.24, 2.45) is 7.05 Å². The molecular weight excluding hydrogens is 316 g/mol. The molecule has 3 heterocycles. The number of aromatic amines is 1. The molecule has 2 aromatic heterocycles. The highest BCUT2D eigenvalue weighted by molar-refractivity contribution is 5.92. The molecule has 1 N–H and O–H groups in total. The van der Waals surface area contributed by atoms with Gasteiger partial charge in [-0.1, -0.05) is 18.2 Å². The lowest BCUT2D eigenvalue weighted by molar-refractivity contribution is 0.0704. The van der Waals surface area contributed by atoms with E-state index < -0.39 is 0 Å². The molecule has 3 aromatic rings. The molecule has 0 bridgehead atoms. The molecule has 1 aliphatic heterocycles. The van der Waals surface area contributed by atoms with E-state index in [2.05, 4.69) is 34.5 Å². The number of amides is 1. The Morgan fingerprint density at radius 2 is 1.92 bits per heavy atom. The van der Waals surface area contributed by atoms with Gasteiger partial charge in [-0.15, -0.1) is 0 Å². The van der Waals surface area contributed by atoms with Gasteiger partial charge in [0.1, 0.15) is 5.69 Å². The summed E-state index contributed by atoms with van der Waals surface area (Å²) < 4.78 is 1.20. The first-order chi connectivity index (χ1) is 12.1. The maximum atomic E-state index is 12.6. The molecule has 1 saturated heterocycles. The van der Waals surface area contributed by atoms with E-state index in [4.69, 9.17) is 0 Å². The van der Waals surface area contributed by atoms with Crippen LogP contribution in [0.25, 0.3) is 10.9 Å². The Hall–Kier alpha value is -2.89. The first-order valence-corrected chi connectivity index (χ1v) is 8.53. The number of benzene rings is 1. The molecule has 25 heavy (non-hydrogen) atoms. The van der Waals surface area contributed by atoms with Gasteiger partial charge >= 0.3 is 0 Å². The minimum Gasteiger partial charge on any atom is -0.361 e. The van der Waals surface area contributed by atoms with Gasteiger partial charge in [0.05, 0.1) is 0 Å². The van der Waals surface area contributed by atoms with E-state index >= 15 is 0 Å². The summed E-state index contributed by atoms with van der Waals surface area (Å²) in [5, 5.41) is 5.34. The number of carbonyl (C=O) groups excluding carboxylic acids is 1. The molecule has 1 fully saturated rings. The Morgan fingerprint density at radius 3 is 2.68 bits per heavy atom. The lowest BCUT2D eigenvalue weighted by Gasteiger charge is -2.31. The predicted molar refractivity (Wildman–Crippen MR) is 95.7 cm³/mol. The molecule has 1 aliphatic rings. The summed E-state index contributed by atoms with van der Waals surface area (Å²) in [7, 11) is 1.56. The summed E-state index contributed by atoms with van der Waals surface area (Å²) >= 11 is 0. The number of piperidine rings is 1. The van der Waals surface area contributed by atoms with Gasteiger partial charge in [0.2, 0.25) is 0 Å². The number of aryl methyl sites for hydroxylation is 1. The van der Waals surface area contributed by atoms with E-state index in [9.17, 15) is 9.59 Å². The zero-order valence-corrected chi connectivity index (χ0v) is 14.1. The maximum absolute atomic E-state index is 12.6. The van der Waals surface area contributed by atoms with Crippen LogP contribution in [-0.2, 0) is 7.05 Å². The molecular formula is C19H20N4O2. The van der Waals surface area contributed by atoms with E-state index in [1.54, 1.807) is 7.05 Å². The van der Waals surface area contributed by atoms with Gasteiger partial charge in [0.15, 0.2) is 0 Å². The lowest BCUT2D eigenvalue weighted by atomic mass is 9.89. The van der Waals surface area contributed by atoms with Crippen LogP contribution in [0.15, 0.2) is 47.4 Å². The highest BCUT2D eigenvalue weighted by Gasteiger charge is 2.26. The Labute approximate surface area is 145 Å². The molecule has 0 aliphatic carbocycles. The second-order valence-corrected chi connectivity index (χ2v) is 6.54. The fourth-order valence-electron chi connectivity index (χ4n) is 3.60. The van der Waals surface area contributed by atoms with Crippen LogP contribution >= 0.6 is 0 Å². The normalized spacial score (nSPS) is 15.6. The number of nitrogens with zero attached hydrogens (tertiary/aromatic N) is 3. The third kappa shape index (κ3) is 2.84. The SMILES string of the molecule is Cn1nc(C(=O)N2CCC(c3c[nH]c4ccccc34)CC2)ccc1=O. The van der Waals surface area contributed by atoms with Crippen molar-refractivity contribution in [3.63, 3.8) is 0 Å². The van der Waals surface area contributed by atoms with Crippen molar-refractivity contribution in [3.8, 4) is 0 Å². The number of hydrogen-bond donors (Lipinski definition) is 1. The van der Waals surface area contributed by atoms with Crippen LogP contribution in [0.1, 0.15) is 34.8 Å². The van der Waals surface area contributed by atoms with Gasteiger partial charge in [-0.2, -0.15) is 5.10 Å². The van der Waals surface area contributed by atoms with Crippen molar-refractivity contribution in [1.29, 1.82) is 0 Å². The van der Waals surface area contributed by atoms with Gasteiger partial charge in [-0.3, -0.25) is 9.59 Å². The van der Waals surface area contributed by atoms with Crippen molar-refractivity contribution < 1.29 is 4.79 Å². The number of nitrogens with one attached hydrogen (secondary N) is 1. The number of hydrogen-bond acceptors (Lipinski definition) is 3. The smallest absolute Gasteiger partial charge is 0.274 e. The fraction of sp³-hybridized carbons (Fsp3) is 0.316. The summed E-state index contributed by atoms with van der Waals surface area (Å²) in [4.78, 5) is 29.2. The topological polar surface area (TPSA) is 71.0 Å². The minimum atomic E-state index is -0.213. The fourth-order valence-corrected chi connectivity index (χ4v) is 3.60. The van der Waals surface area contributed by atoms with Crippen molar-refractivity contribution in [2.75, 3.05) is 13.1 Å². The Morgan fingerprint density at radius 1 is 1.16 bits per heavy atom. The molecule has 128 valence electrons. The van der Waals surface area contributed by atoms with Crippen LogP contribution < -0.4 is 5.56 Å². The summed E-state index contributed by atoms with van der Waals surface area (Å²) in [5.74, 6) is 0.348. The molecule has 1 aromatic carbocycles. The highest BCUT2D eigenvalue weighted by Crippen LogP contribution is 2.33. The van der Waals surface area contributed by atoms with E-state index in [0.717, 1.165) is 18.4 Å². The van der Waals surface area contributed by atoms with Crippen molar-refractivity contribution in [1.82, 2.24) is 19.7 Å². The number of likely N-dealkylation sites (tertiary alicyclic amines) is 1. The van der Waals surface area contributed by atoms with Crippen molar-refractivity contribution in [3.05, 3.63) is 64.2 Å². The monoisotopic (exact) mass is 336 g/mol.